The van der Waals surface area contributed by atoms with Gasteiger partial charge in [-0.1, -0.05) is 52.7 Å². The van der Waals surface area contributed by atoms with E-state index in [1.807, 2.05) is 12.4 Å². The topological polar surface area (TPSA) is 33.4 Å². The second-order valence-electron chi connectivity index (χ2n) is 10.7. The number of hydrogen-bond donors (Lipinski definition) is 0. The number of hydrogen-bond acceptors (Lipinski definition) is 3. The zero-order chi connectivity index (χ0) is 25.7. The molecule has 0 N–H and O–H groups in total. The molecule has 4 rings (SSSR count). The molecule has 0 saturated heterocycles. The molecule has 0 aliphatic heterocycles. The Kier molecular flexibility index (Phi) is 8.45. The molecule has 190 valence electrons. The maximum atomic E-state index is 4.76. The highest BCUT2D eigenvalue weighted by atomic mass is 15.3. The van der Waals surface area contributed by atoms with Gasteiger partial charge in [-0.15, -0.1) is 0 Å². The number of aliphatic imine (C=N–C) groups is 1. The van der Waals surface area contributed by atoms with E-state index < -0.39 is 0 Å². The van der Waals surface area contributed by atoms with Crippen molar-refractivity contribution in [3.05, 3.63) is 77.6 Å². The van der Waals surface area contributed by atoms with Crippen LogP contribution in [0.5, 0.6) is 0 Å². The Bertz CT molecular complexity index is 1210. The van der Waals surface area contributed by atoms with Crippen molar-refractivity contribution in [2.75, 3.05) is 11.9 Å². The Morgan fingerprint density at radius 3 is 2.61 bits per heavy atom. The van der Waals surface area contributed by atoms with Gasteiger partial charge in [-0.2, -0.15) is 5.10 Å². The Hall–Kier alpha value is -3.14. The highest BCUT2D eigenvalue weighted by molar-refractivity contribution is 6.09. The van der Waals surface area contributed by atoms with Crippen molar-refractivity contribution in [2.24, 2.45) is 10.9 Å². The van der Waals surface area contributed by atoms with Crippen LogP contribution in [0.25, 0.3) is 5.57 Å². The van der Waals surface area contributed by atoms with Gasteiger partial charge in [-0.05, 0) is 90.6 Å². The van der Waals surface area contributed by atoms with Crippen LogP contribution in [0, 0.1) is 12.8 Å². The molecule has 1 aliphatic carbocycles. The van der Waals surface area contributed by atoms with Gasteiger partial charge in [0, 0.05) is 42.9 Å². The van der Waals surface area contributed by atoms with E-state index in [-0.39, 0.29) is 0 Å². The summed E-state index contributed by atoms with van der Waals surface area (Å²) < 4.78 is 2.08. The van der Waals surface area contributed by atoms with E-state index in [0.717, 1.165) is 47.0 Å². The van der Waals surface area contributed by atoms with Gasteiger partial charge in [0.05, 0.1) is 11.9 Å². The smallest absolute Gasteiger partial charge is 0.0660 e. The van der Waals surface area contributed by atoms with Crippen LogP contribution in [0.3, 0.4) is 0 Å². The van der Waals surface area contributed by atoms with E-state index in [9.17, 15) is 0 Å². The standard InChI is InChI=1S/C32H42N4/c1-7-26-16-28(23(2)3)18-31(17-26)35(6)30-13-14-32(24(4)15-30)33-19-25(5)29-20-34-36(22-29)21-27-11-9-8-10-12-27/h13-20,22-23,27H,5,7-12,21H2,1-4,6H3. The molecule has 3 aromatic rings. The summed E-state index contributed by atoms with van der Waals surface area (Å²) in [5.41, 5.74) is 9.20. The summed E-state index contributed by atoms with van der Waals surface area (Å²) in [6, 6.07) is 13.4. The van der Waals surface area contributed by atoms with Gasteiger partial charge < -0.3 is 4.90 Å². The highest BCUT2D eigenvalue weighted by Gasteiger charge is 2.15. The van der Waals surface area contributed by atoms with E-state index in [1.165, 1.54) is 48.9 Å². The van der Waals surface area contributed by atoms with Crippen molar-refractivity contribution in [1.82, 2.24) is 9.78 Å². The van der Waals surface area contributed by atoms with Crippen LogP contribution in [-0.2, 0) is 13.0 Å². The zero-order valence-corrected chi connectivity index (χ0v) is 22.8. The molecule has 0 bridgehead atoms. The van der Waals surface area contributed by atoms with Gasteiger partial charge in [-0.25, -0.2) is 0 Å². The lowest BCUT2D eigenvalue weighted by Gasteiger charge is -2.23. The molecule has 36 heavy (non-hydrogen) atoms. The average molecular weight is 483 g/mol. The molecular weight excluding hydrogens is 440 g/mol. The van der Waals surface area contributed by atoms with Gasteiger partial charge in [-0.3, -0.25) is 9.67 Å². The Morgan fingerprint density at radius 1 is 1.14 bits per heavy atom. The van der Waals surface area contributed by atoms with Crippen LogP contribution in [-0.4, -0.2) is 23.0 Å². The van der Waals surface area contributed by atoms with Gasteiger partial charge in [0.25, 0.3) is 0 Å². The maximum absolute atomic E-state index is 4.76. The summed E-state index contributed by atoms with van der Waals surface area (Å²) >= 11 is 0. The third-order valence-corrected chi connectivity index (χ3v) is 7.56. The first-order valence-corrected chi connectivity index (χ1v) is 13.6. The summed E-state index contributed by atoms with van der Waals surface area (Å²) in [6.45, 7) is 14.1. The quantitative estimate of drug-likeness (QED) is 0.286. The summed E-state index contributed by atoms with van der Waals surface area (Å²) in [6.07, 6.45) is 13.7. The SMILES string of the molecule is C=C(C=Nc1ccc(N(C)c2cc(CC)cc(C(C)C)c2)cc1C)c1cnn(CC2CCCCC2)c1. The molecule has 4 nitrogen and oxygen atoms in total. The summed E-state index contributed by atoms with van der Waals surface area (Å²) in [4.78, 5) is 7.03. The minimum Gasteiger partial charge on any atom is -0.345 e. The number of aromatic nitrogens is 2. The van der Waals surface area contributed by atoms with E-state index in [4.69, 9.17) is 4.99 Å². The zero-order valence-electron chi connectivity index (χ0n) is 22.8. The Balaban J connectivity index is 1.44. The van der Waals surface area contributed by atoms with Crippen LogP contribution in [0.15, 0.2) is 60.4 Å². The lowest BCUT2D eigenvalue weighted by Crippen LogP contribution is -2.14. The van der Waals surface area contributed by atoms with Crippen LogP contribution in [0.4, 0.5) is 17.1 Å². The van der Waals surface area contributed by atoms with Crippen molar-refractivity contribution in [3.8, 4) is 0 Å². The maximum Gasteiger partial charge on any atom is 0.0660 e. The molecule has 2 aromatic carbocycles. The number of benzene rings is 2. The third-order valence-electron chi connectivity index (χ3n) is 7.56. The van der Waals surface area contributed by atoms with Crippen molar-refractivity contribution >= 4 is 28.8 Å². The molecule has 1 heterocycles. The second kappa shape index (κ2) is 11.7. The fourth-order valence-corrected chi connectivity index (χ4v) is 5.06. The first kappa shape index (κ1) is 25.9. The van der Waals surface area contributed by atoms with E-state index in [0.29, 0.717) is 5.92 Å². The average Bonchev–Trinajstić information content (AvgIpc) is 3.36. The molecule has 4 heteroatoms. The Labute approximate surface area is 217 Å². The van der Waals surface area contributed by atoms with Crippen molar-refractivity contribution in [3.63, 3.8) is 0 Å². The van der Waals surface area contributed by atoms with Crippen LogP contribution < -0.4 is 4.90 Å². The molecule has 1 aliphatic rings. The summed E-state index contributed by atoms with van der Waals surface area (Å²) in [5.74, 6) is 1.27. The molecule has 1 saturated carbocycles. The second-order valence-corrected chi connectivity index (χ2v) is 10.7. The minimum absolute atomic E-state index is 0.509. The van der Waals surface area contributed by atoms with Crippen LogP contribution in [0.2, 0.25) is 0 Å². The number of aryl methyl sites for hydroxylation is 2. The molecule has 0 amide bonds. The minimum atomic E-state index is 0.509. The molecule has 1 aromatic heterocycles. The van der Waals surface area contributed by atoms with Crippen LogP contribution in [0.1, 0.15) is 81.0 Å². The molecule has 0 radical (unpaired) electrons. The lowest BCUT2D eigenvalue weighted by molar-refractivity contribution is 0.308. The monoisotopic (exact) mass is 482 g/mol. The first-order valence-electron chi connectivity index (χ1n) is 13.6. The van der Waals surface area contributed by atoms with Crippen molar-refractivity contribution < 1.29 is 0 Å². The number of rotatable bonds is 9. The van der Waals surface area contributed by atoms with E-state index in [2.05, 4.69) is 98.6 Å². The predicted molar refractivity (Wildman–Crippen MR) is 155 cm³/mol. The van der Waals surface area contributed by atoms with Gasteiger partial charge in [0.1, 0.15) is 0 Å². The molecule has 0 spiro atoms. The number of nitrogens with zero attached hydrogens (tertiary/aromatic N) is 4. The predicted octanol–water partition coefficient (Wildman–Crippen LogP) is 8.64. The van der Waals surface area contributed by atoms with Crippen molar-refractivity contribution in [1.29, 1.82) is 0 Å². The molecular formula is C32H42N4. The fourth-order valence-electron chi connectivity index (χ4n) is 5.06. The van der Waals surface area contributed by atoms with Gasteiger partial charge >= 0.3 is 0 Å². The fraction of sp³-hybridized carbons (Fsp3) is 0.438. The van der Waals surface area contributed by atoms with Gasteiger partial charge in [0.15, 0.2) is 0 Å². The third kappa shape index (κ3) is 6.34. The Morgan fingerprint density at radius 2 is 1.92 bits per heavy atom. The summed E-state index contributed by atoms with van der Waals surface area (Å²) in [7, 11) is 2.14. The normalized spacial score (nSPS) is 14.6. The summed E-state index contributed by atoms with van der Waals surface area (Å²) in [5, 5.41) is 4.58. The lowest BCUT2D eigenvalue weighted by atomic mass is 9.89. The highest BCUT2D eigenvalue weighted by Crippen LogP contribution is 2.32. The first-order chi connectivity index (χ1) is 17.3. The number of anilines is 2. The van der Waals surface area contributed by atoms with E-state index >= 15 is 0 Å². The van der Waals surface area contributed by atoms with Crippen molar-refractivity contribution in [2.45, 2.75) is 78.7 Å². The largest absolute Gasteiger partial charge is 0.345 e. The van der Waals surface area contributed by atoms with E-state index in [1.54, 1.807) is 0 Å². The molecule has 0 unspecified atom stereocenters. The van der Waals surface area contributed by atoms with Crippen LogP contribution >= 0.6 is 0 Å². The molecule has 1 fully saturated rings. The molecule has 0 atom stereocenters. The van der Waals surface area contributed by atoms with Gasteiger partial charge in [0.2, 0.25) is 0 Å². The number of allylic oxidation sites excluding steroid dienone is 1.